The number of rotatable bonds is 2. The minimum atomic E-state index is 0.0619. The topological polar surface area (TPSA) is 44.1 Å². The van der Waals surface area contributed by atoms with E-state index in [-0.39, 0.29) is 6.10 Å². The molecular weight excluding hydrogens is 224 g/mol. The highest BCUT2D eigenvalue weighted by molar-refractivity contribution is 7.10. The molecule has 5 heteroatoms. The Morgan fingerprint density at radius 2 is 2.56 bits per heavy atom. The largest absolute Gasteiger partial charge is 0.364 e. The highest BCUT2D eigenvalue weighted by Crippen LogP contribution is 2.29. The van der Waals surface area contributed by atoms with E-state index >= 15 is 0 Å². The Morgan fingerprint density at radius 3 is 3.31 bits per heavy atom. The molecule has 0 N–H and O–H groups in total. The van der Waals surface area contributed by atoms with Gasteiger partial charge in [0.15, 0.2) is 6.29 Å². The Morgan fingerprint density at radius 1 is 1.62 bits per heavy atom. The van der Waals surface area contributed by atoms with Gasteiger partial charge >= 0.3 is 0 Å². The molecule has 0 amide bonds. The van der Waals surface area contributed by atoms with Crippen molar-refractivity contribution in [2.24, 2.45) is 0 Å². The van der Waals surface area contributed by atoms with E-state index in [2.05, 4.69) is 11.2 Å². The second kappa shape index (κ2) is 3.84. The highest BCUT2D eigenvalue weighted by atomic mass is 32.1. The first-order valence-electron chi connectivity index (χ1n) is 5.04. The number of hydrogen-bond donors (Lipinski definition) is 0. The normalized spacial score (nSPS) is 19.4. The van der Waals surface area contributed by atoms with Crippen LogP contribution in [0.3, 0.4) is 0 Å². The minimum Gasteiger partial charge on any atom is -0.364 e. The first-order chi connectivity index (χ1) is 7.86. The number of hydrogen-bond acceptors (Lipinski definition) is 4. The molecule has 0 fully saturated rings. The molecule has 0 aliphatic carbocycles. The summed E-state index contributed by atoms with van der Waals surface area (Å²) in [6, 6.07) is 5.85. The summed E-state index contributed by atoms with van der Waals surface area (Å²) in [6.45, 7) is 1.20. The molecule has 82 valence electrons. The lowest BCUT2D eigenvalue weighted by Gasteiger charge is -2.23. The van der Waals surface area contributed by atoms with Crippen molar-refractivity contribution < 1.29 is 9.53 Å². The van der Waals surface area contributed by atoms with E-state index in [1.165, 1.54) is 4.88 Å². The molecule has 4 nitrogen and oxygen atoms in total. The number of carbonyl (C=O) groups is 1. The monoisotopic (exact) mass is 234 g/mol. The molecular formula is C11H10N2O2S. The number of ether oxygens (including phenoxy) is 1. The fraction of sp³-hybridized carbons (Fsp3) is 0.273. The smallest absolute Gasteiger partial charge is 0.170 e. The summed E-state index contributed by atoms with van der Waals surface area (Å²) < 4.78 is 7.60. The first-order valence-corrected chi connectivity index (χ1v) is 5.91. The maximum absolute atomic E-state index is 10.6. The second-order valence-corrected chi connectivity index (χ2v) is 4.65. The van der Waals surface area contributed by atoms with Crippen molar-refractivity contribution in [1.82, 2.24) is 9.78 Å². The van der Waals surface area contributed by atoms with Crippen LogP contribution in [0.5, 0.6) is 0 Å². The van der Waals surface area contributed by atoms with Gasteiger partial charge in [-0.25, -0.2) is 0 Å². The fourth-order valence-electron chi connectivity index (χ4n) is 1.85. The van der Waals surface area contributed by atoms with Gasteiger partial charge < -0.3 is 4.74 Å². The molecule has 0 unspecified atom stereocenters. The maximum atomic E-state index is 10.6. The molecule has 2 aromatic rings. The third-order valence-corrected chi connectivity index (χ3v) is 3.60. The van der Waals surface area contributed by atoms with Crippen LogP contribution < -0.4 is 0 Å². The second-order valence-electron chi connectivity index (χ2n) is 3.68. The molecule has 2 aromatic heterocycles. The van der Waals surface area contributed by atoms with Crippen molar-refractivity contribution in [2.45, 2.75) is 19.3 Å². The van der Waals surface area contributed by atoms with Crippen molar-refractivity contribution in [3.05, 3.63) is 39.8 Å². The van der Waals surface area contributed by atoms with Crippen molar-refractivity contribution in [3.63, 3.8) is 0 Å². The van der Waals surface area contributed by atoms with Gasteiger partial charge in [0.25, 0.3) is 0 Å². The van der Waals surface area contributed by atoms with Crippen LogP contribution in [0.1, 0.15) is 27.2 Å². The van der Waals surface area contributed by atoms with E-state index in [9.17, 15) is 4.79 Å². The van der Waals surface area contributed by atoms with Crippen LogP contribution in [-0.2, 0) is 17.9 Å². The highest BCUT2D eigenvalue weighted by Gasteiger charge is 2.22. The predicted molar refractivity (Wildman–Crippen MR) is 59.5 cm³/mol. The average molecular weight is 234 g/mol. The van der Waals surface area contributed by atoms with E-state index in [1.807, 2.05) is 16.1 Å². The van der Waals surface area contributed by atoms with Gasteiger partial charge in [-0.2, -0.15) is 5.10 Å². The van der Waals surface area contributed by atoms with Crippen LogP contribution in [-0.4, -0.2) is 16.1 Å². The van der Waals surface area contributed by atoms with Gasteiger partial charge in [-0.1, -0.05) is 6.07 Å². The zero-order valence-electron chi connectivity index (χ0n) is 8.50. The standard InChI is InChI=1S/C11H10N2O2S/c14-6-8-4-9-7-15-10(5-13(9)12-8)11-2-1-3-16-11/h1-4,6,10H,5,7H2/t10-/m0/s1. The van der Waals surface area contributed by atoms with Gasteiger partial charge in [-0.15, -0.1) is 11.3 Å². The summed E-state index contributed by atoms with van der Waals surface area (Å²) in [7, 11) is 0. The summed E-state index contributed by atoms with van der Waals surface area (Å²) in [5, 5.41) is 6.24. The Balaban J connectivity index is 1.88. The van der Waals surface area contributed by atoms with Gasteiger partial charge in [0, 0.05) is 4.88 Å². The molecule has 1 aliphatic heterocycles. The lowest BCUT2D eigenvalue weighted by molar-refractivity contribution is 0.00101. The van der Waals surface area contributed by atoms with E-state index in [1.54, 1.807) is 17.4 Å². The number of aromatic nitrogens is 2. The van der Waals surface area contributed by atoms with Crippen molar-refractivity contribution in [1.29, 1.82) is 0 Å². The maximum Gasteiger partial charge on any atom is 0.170 e. The molecule has 3 rings (SSSR count). The molecule has 0 saturated heterocycles. The van der Waals surface area contributed by atoms with Crippen LogP contribution >= 0.6 is 11.3 Å². The van der Waals surface area contributed by atoms with E-state index in [4.69, 9.17) is 4.74 Å². The van der Waals surface area contributed by atoms with Gasteiger partial charge in [-0.3, -0.25) is 9.48 Å². The summed E-state index contributed by atoms with van der Waals surface area (Å²) in [6.07, 6.45) is 0.831. The molecule has 0 radical (unpaired) electrons. The summed E-state index contributed by atoms with van der Waals surface area (Å²) in [4.78, 5) is 11.8. The van der Waals surface area contributed by atoms with Crippen molar-refractivity contribution in [3.8, 4) is 0 Å². The lowest BCUT2D eigenvalue weighted by atomic mass is 10.2. The lowest BCUT2D eigenvalue weighted by Crippen LogP contribution is -2.20. The van der Waals surface area contributed by atoms with Crippen LogP contribution in [0.4, 0.5) is 0 Å². The van der Waals surface area contributed by atoms with Gasteiger partial charge in [0.05, 0.1) is 18.8 Å². The number of thiophene rings is 1. The third kappa shape index (κ3) is 1.58. The molecule has 1 aliphatic rings. The number of fused-ring (bicyclic) bond motifs is 1. The Bertz CT molecular complexity index is 504. The Kier molecular flexibility index (Phi) is 2.34. The zero-order valence-corrected chi connectivity index (χ0v) is 9.31. The van der Waals surface area contributed by atoms with Gasteiger partial charge in [-0.05, 0) is 17.5 Å². The first kappa shape index (κ1) is 9.74. The summed E-state index contributed by atoms with van der Waals surface area (Å²) in [5.74, 6) is 0. The number of aldehydes is 1. The van der Waals surface area contributed by atoms with E-state index < -0.39 is 0 Å². The van der Waals surface area contributed by atoms with E-state index in [0.29, 0.717) is 18.8 Å². The SMILES string of the molecule is O=Cc1cc2n(n1)C[C@@H](c1cccs1)OC2. The van der Waals surface area contributed by atoms with Crippen LogP contribution in [0.25, 0.3) is 0 Å². The molecule has 0 saturated carbocycles. The predicted octanol–water partition coefficient (Wildman–Crippen LogP) is 2.03. The zero-order chi connectivity index (χ0) is 11.0. The third-order valence-electron chi connectivity index (χ3n) is 2.63. The molecule has 0 bridgehead atoms. The van der Waals surface area contributed by atoms with Gasteiger partial charge in [0.1, 0.15) is 11.8 Å². The van der Waals surface area contributed by atoms with Crippen LogP contribution in [0, 0.1) is 0 Å². The van der Waals surface area contributed by atoms with Crippen LogP contribution in [0.2, 0.25) is 0 Å². The van der Waals surface area contributed by atoms with E-state index in [0.717, 1.165) is 12.0 Å². The number of carbonyl (C=O) groups excluding carboxylic acids is 1. The average Bonchev–Trinajstić information content (AvgIpc) is 2.96. The van der Waals surface area contributed by atoms with Crippen molar-refractivity contribution >= 4 is 17.6 Å². The van der Waals surface area contributed by atoms with Gasteiger partial charge in [0.2, 0.25) is 0 Å². The minimum absolute atomic E-state index is 0.0619. The Hall–Kier alpha value is -1.46. The molecule has 0 spiro atoms. The summed E-state index contributed by atoms with van der Waals surface area (Å²) >= 11 is 1.68. The molecule has 1 atom stereocenters. The van der Waals surface area contributed by atoms with Crippen molar-refractivity contribution in [2.75, 3.05) is 0 Å². The molecule has 0 aromatic carbocycles. The fourth-order valence-corrected chi connectivity index (χ4v) is 2.62. The van der Waals surface area contributed by atoms with Crippen LogP contribution in [0.15, 0.2) is 23.6 Å². The molecule has 16 heavy (non-hydrogen) atoms. The number of nitrogens with zero attached hydrogens (tertiary/aromatic N) is 2. The molecule has 3 heterocycles. The Labute approximate surface area is 96.5 Å². The summed E-state index contributed by atoms with van der Waals surface area (Å²) in [5.41, 5.74) is 1.44. The quantitative estimate of drug-likeness (QED) is 0.747.